The summed E-state index contributed by atoms with van der Waals surface area (Å²) in [6.07, 6.45) is 3.30. The van der Waals surface area contributed by atoms with Crippen LogP contribution in [-0.4, -0.2) is 10.1 Å². The van der Waals surface area contributed by atoms with Crippen LogP contribution in [-0.2, 0) is 0 Å². The van der Waals surface area contributed by atoms with Crippen molar-refractivity contribution in [2.45, 2.75) is 6.92 Å². The molecule has 0 fully saturated rings. The maximum absolute atomic E-state index is 9.90. The molecule has 3 nitrogen and oxygen atoms in total. The van der Waals surface area contributed by atoms with Gasteiger partial charge in [-0.15, -0.1) is 0 Å². The summed E-state index contributed by atoms with van der Waals surface area (Å²) in [6.45, 7) is 1.77. The molecule has 1 N–H and O–H groups in total. The van der Waals surface area contributed by atoms with Gasteiger partial charge in [-0.2, -0.15) is 0 Å². The number of pyridine rings is 1. The molecule has 84 valence electrons. The van der Waals surface area contributed by atoms with E-state index in [1.807, 2.05) is 30.3 Å². The molecule has 3 aromatic rings. The van der Waals surface area contributed by atoms with Crippen LogP contribution in [0.3, 0.4) is 0 Å². The maximum atomic E-state index is 9.90. The van der Waals surface area contributed by atoms with Crippen molar-refractivity contribution in [1.29, 1.82) is 0 Å². The SMILES string of the molecule is Cc1ncc2c(-c3ccccc3)occ2c1O. The van der Waals surface area contributed by atoms with E-state index in [2.05, 4.69) is 4.98 Å². The lowest BCUT2D eigenvalue weighted by molar-refractivity contribution is 0.473. The van der Waals surface area contributed by atoms with E-state index >= 15 is 0 Å². The second-order valence-corrected chi connectivity index (χ2v) is 3.95. The molecule has 0 bridgehead atoms. The largest absolute Gasteiger partial charge is 0.505 e. The third kappa shape index (κ3) is 1.47. The van der Waals surface area contributed by atoms with Crippen LogP contribution in [0.25, 0.3) is 22.1 Å². The van der Waals surface area contributed by atoms with E-state index < -0.39 is 0 Å². The van der Waals surface area contributed by atoms with Gasteiger partial charge in [0.25, 0.3) is 0 Å². The minimum atomic E-state index is 0.188. The van der Waals surface area contributed by atoms with E-state index in [0.717, 1.165) is 16.7 Å². The normalized spacial score (nSPS) is 10.9. The van der Waals surface area contributed by atoms with Crippen LogP contribution < -0.4 is 0 Å². The zero-order valence-electron chi connectivity index (χ0n) is 9.34. The number of benzene rings is 1. The van der Waals surface area contributed by atoms with Crippen molar-refractivity contribution >= 4 is 10.8 Å². The number of fused-ring (bicyclic) bond motifs is 1. The van der Waals surface area contributed by atoms with E-state index in [1.54, 1.807) is 19.4 Å². The van der Waals surface area contributed by atoms with Gasteiger partial charge in [-0.25, -0.2) is 0 Å². The fourth-order valence-corrected chi connectivity index (χ4v) is 1.91. The molecule has 2 aromatic heterocycles. The first kappa shape index (κ1) is 9.90. The number of aromatic nitrogens is 1. The predicted molar refractivity (Wildman–Crippen MR) is 65.8 cm³/mol. The van der Waals surface area contributed by atoms with Crippen LogP contribution >= 0.6 is 0 Å². The Morgan fingerprint density at radius 2 is 1.88 bits per heavy atom. The molecule has 0 unspecified atom stereocenters. The number of aromatic hydroxyl groups is 1. The third-order valence-electron chi connectivity index (χ3n) is 2.85. The first-order valence-corrected chi connectivity index (χ1v) is 5.38. The number of aryl methyl sites for hydroxylation is 1. The summed E-state index contributed by atoms with van der Waals surface area (Å²) < 4.78 is 5.54. The molecule has 0 amide bonds. The average Bonchev–Trinajstić information content (AvgIpc) is 2.79. The highest BCUT2D eigenvalue weighted by atomic mass is 16.3. The standard InChI is InChI=1S/C14H11NO2/c1-9-13(16)12-8-17-14(11(12)7-15-9)10-5-3-2-4-6-10/h2-8,16H,1H3. The first-order valence-electron chi connectivity index (χ1n) is 5.38. The molecule has 0 aliphatic rings. The molecule has 3 rings (SSSR count). The molecule has 0 aliphatic carbocycles. The van der Waals surface area contributed by atoms with Crippen LogP contribution in [0.15, 0.2) is 47.2 Å². The molecule has 0 spiro atoms. The van der Waals surface area contributed by atoms with Crippen molar-refractivity contribution in [3.8, 4) is 17.1 Å². The van der Waals surface area contributed by atoms with Gasteiger partial charge in [0.15, 0.2) is 0 Å². The fraction of sp³-hybridized carbons (Fsp3) is 0.0714. The number of furan rings is 1. The Balaban J connectivity index is 2.30. The van der Waals surface area contributed by atoms with Gasteiger partial charge in [0.2, 0.25) is 0 Å². The Morgan fingerprint density at radius 1 is 1.12 bits per heavy atom. The summed E-state index contributed by atoms with van der Waals surface area (Å²) in [5, 5.41) is 11.4. The lowest BCUT2D eigenvalue weighted by Gasteiger charge is -1.99. The minimum absolute atomic E-state index is 0.188. The molecule has 0 radical (unpaired) electrons. The fourth-order valence-electron chi connectivity index (χ4n) is 1.91. The zero-order valence-corrected chi connectivity index (χ0v) is 9.34. The van der Waals surface area contributed by atoms with Gasteiger partial charge in [0.05, 0.1) is 16.5 Å². The van der Waals surface area contributed by atoms with Crippen molar-refractivity contribution in [1.82, 2.24) is 4.98 Å². The number of rotatable bonds is 1. The van der Waals surface area contributed by atoms with Gasteiger partial charge < -0.3 is 9.52 Å². The molecule has 0 atom stereocenters. The highest BCUT2D eigenvalue weighted by molar-refractivity contribution is 5.97. The zero-order chi connectivity index (χ0) is 11.8. The molecule has 0 aliphatic heterocycles. The van der Waals surface area contributed by atoms with Gasteiger partial charge in [-0.05, 0) is 6.92 Å². The summed E-state index contributed by atoms with van der Waals surface area (Å²) in [6, 6.07) is 9.79. The minimum Gasteiger partial charge on any atom is -0.505 e. The highest BCUT2D eigenvalue weighted by Crippen LogP contribution is 2.35. The van der Waals surface area contributed by atoms with E-state index in [1.165, 1.54) is 0 Å². The second kappa shape index (κ2) is 3.63. The highest BCUT2D eigenvalue weighted by Gasteiger charge is 2.13. The summed E-state index contributed by atoms with van der Waals surface area (Å²) in [7, 11) is 0. The molecule has 0 saturated carbocycles. The van der Waals surface area contributed by atoms with E-state index in [9.17, 15) is 5.11 Å². The Bertz CT molecular complexity index is 671. The third-order valence-corrected chi connectivity index (χ3v) is 2.85. The monoisotopic (exact) mass is 225 g/mol. The number of nitrogens with zero attached hydrogens (tertiary/aromatic N) is 1. The lowest BCUT2D eigenvalue weighted by Crippen LogP contribution is -1.82. The van der Waals surface area contributed by atoms with Crippen molar-refractivity contribution in [2.24, 2.45) is 0 Å². The van der Waals surface area contributed by atoms with Crippen molar-refractivity contribution in [3.05, 3.63) is 48.5 Å². The van der Waals surface area contributed by atoms with Gasteiger partial charge in [0.1, 0.15) is 17.8 Å². The van der Waals surface area contributed by atoms with Crippen molar-refractivity contribution in [2.75, 3.05) is 0 Å². The Hall–Kier alpha value is -2.29. The van der Waals surface area contributed by atoms with Crippen molar-refractivity contribution in [3.63, 3.8) is 0 Å². The van der Waals surface area contributed by atoms with Crippen LogP contribution in [0.2, 0.25) is 0 Å². The summed E-state index contributed by atoms with van der Waals surface area (Å²) in [5.74, 6) is 0.928. The smallest absolute Gasteiger partial charge is 0.147 e. The average molecular weight is 225 g/mol. The van der Waals surface area contributed by atoms with Crippen LogP contribution in [0, 0.1) is 6.92 Å². The molecular weight excluding hydrogens is 214 g/mol. The number of hydrogen-bond acceptors (Lipinski definition) is 3. The molecule has 0 saturated heterocycles. The van der Waals surface area contributed by atoms with Gasteiger partial charge in [-0.1, -0.05) is 30.3 Å². The Labute approximate surface area is 98.3 Å². The quantitative estimate of drug-likeness (QED) is 0.689. The molecule has 2 heterocycles. The Morgan fingerprint density at radius 3 is 2.65 bits per heavy atom. The van der Waals surface area contributed by atoms with Crippen molar-refractivity contribution < 1.29 is 9.52 Å². The van der Waals surface area contributed by atoms with Crippen LogP contribution in [0.4, 0.5) is 0 Å². The Kier molecular flexibility index (Phi) is 2.11. The van der Waals surface area contributed by atoms with Gasteiger partial charge in [0, 0.05) is 11.8 Å². The first-order chi connectivity index (χ1) is 8.27. The van der Waals surface area contributed by atoms with Gasteiger partial charge >= 0.3 is 0 Å². The molecule has 3 heteroatoms. The van der Waals surface area contributed by atoms with E-state index in [4.69, 9.17) is 4.42 Å². The lowest BCUT2D eigenvalue weighted by atomic mass is 10.1. The number of hydrogen-bond donors (Lipinski definition) is 1. The van der Waals surface area contributed by atoms with E-state index in [-0.39, 0.29) is 5.75 Å². The molecular formula is C14H11NO2. The maximum Gasteiger partial charge on any atom is 0.147 e. The van der Waals surface area contributed by atoms with E-state index in [0.29, 0.717) is 11.1 Å². The topological polar surface area (TPSA) is 46.3 Å². The summed E-state index contributed by atoms with van der Waals surface area (Å²) in [4.78, 5) is 4.16. The summed E-state index contributed by atoms with van der Waals surface area (Å²) >= 11 is 0. The molecule has 17 heavy (non-hydrogen) atoms. The second-order valence-electron chi connectivity index (χ2n) is 3.95. The summed E-state index contributed by atoms with van der Waals surface area (Å²) in [5.41, 5.74) is 1.59. The van der Waals surface area contributed by atoms with Gasteiger partial charge in [-0.3, -0.25) is 4.98 Å². The van der Waals surface area contributed by atoms with Crippen LogP contribution in [0.1, 0.15) is 5.69 Å². The molecule has 1 aromatic carbocycles. The van der Waals surface area contributed by atoms with Crippen LogP contribution in [0.5, 0.6) is 5.75 Å². The predicted octanol–water partition coefficient (Wildman–Crippen LogP) is 3.51.